The van der Waals surface area contributed by atoms with E-state index in [2.05, 4.69) is 16.0 Å². The first-order valence-electron chi connectivity index (χ1n) is 7.11. The normalized spacial score (nSPS) is 19.7. The number of halogens is 2. The van der Waals surface area contributed by atoms with E-state index in [1.165, 1.54) is 6.92 Å². The zero-order valence-corrected chi connectivity index (χ0v) is 12.3. The molecule has 120 valence electrons. The van der Waals surface area contributed by atoms with Crippen LogP contribution in [0.15, 0.2) is 24.3 Å². The smallest absolute Gasteiger partial charge is 0.262 e. The van der Waals surface area contributed by atoms with E-state index < -0.39 is 30.8 Å². The second-order valence-corrected chi connectivity index (χ2v) is 5.41. The molecule has 0 aliphatic carbocycles. The SMILES string of the molecule is CC(=O)Nc1ccc(CCNC(=O)C2CC(F)(F)CN2)cc1. The molecule has 0 spiro atoms. The largest absolute Gasteiger partial charge is 0.354 e. The van der Waals surface area contributed by atoms with Crippen LogP contribution < -0.4 is 16.0 Å². The van der Waals surface area contributed by atoms with E-state index in [-0.39, 0.29) is 5.91 Å². The zero-order valence-electron chi connectivity index (χ0n) is 12.3. The number of nitrogens with one attached hydrogen (secondary N) is 3. The van der Waals surface area contributed by atoms with Crippen molar-refractivity contribution in [3.63, 3.8) is 0 Å². The first-order chi connectivity index (χ1) is 10.4. The number of hydrogen-bond acceptors (Lipinski definition) is 3. The van der Waals surface area contributed by atoms with Gasteiger partial charge >= 0.3 is 0 Å². The first kappa shape index (κ1) is 16.4. The number of anilines is 1. The van der Waals surface area contributed by atoms with Crippen LogP contribution >= 0.6 is 0 Å². The quantitative estimate of drug-likeness (QED) is 0.768. The molecule has 0 saturated carbocycles. The van der Waals surface area contributed by atoms with Crippen molar-refractivity contribution < 1.29 is 18.4 Å². The van der Waals surface area contributed by atoms with Gasteiger partial charge in [0.05, 0.1) is 12.6 Å². The Kier molecular flexibility index (Phi) is 5.07. The monoisotopic (exact) mass is 311 g/mol. The van der Waals surface area contributed by atoms with Gasteiger partial charge in [0, 0.05) is 25.6 Å². The molecule has 2 rings (SSSR count). The van der Waals surface area contributed by atoms with Gasteiger partial charge in [-0.1, -0.05) is 12.1 Å². The molecule has 1 aromatic rings. The second-order valence-electron chi connectivity index (χ2n) is 5.41. The molecule has 1 fully saturated rings. The van der Waals surface area contributed by atoms with Gasteiger partial charge in [0.25, 0.3) is 5.92 Å². The predicted molar refractivity (Wildman–Crippen MR) is 78.8 cm³/mol. The maximum Gasteiger partial charge on any atom is 0.262 e. The van der Waals surface area contributed by atoms with Crippen LogP contribution in [0.1, 0.15) is 18.9 Å². The van der Waals surface area contributed by atoms with Crippen molar-refractivity contribution >= 4 is 17.5 Å². The van der Waals surface area contributed by atoms with E-state index >= 15 is 0 Å². The molecule has 22 heavy (non-hydrogen) atoms. The summed E-state index contributed by atoms with van der Waals surface area (Å²) in [4.78, 5) is 22.6. The number of carbonyl (C=O) groups excluding carboxylic acids is 2. The number of rotatable bonds is 5. The van der Waals surface area contributed by atoms with Gasteiger partial charge in [-0.3, -0.25) is 14.9 Å². The molecule has 0 aromatic heterocycles. The summed E-state index contributed by atoms with van der Waals surface area (Å²) in [5, 5.41) is 7.83. The van der Waals surface area contributed by atoms with Crippen LogP contribution in [0.4, 0.5) is 14.5 Å². The van der Waals surface area contributed by atoms with Crippen molar-refractivity contribution in [2.75, 3.05) is 18.4 Å². The van der Waals surface area contributed by atoms with Gasteiger partial charge < -0.3 is 10.6 Å². The maximum atomic E-state index is 13.0. The van der Waals surface area contributed by atoms with E-state index in [4.69, 9.17) is 0 Å². The number of alkyl halides is 2. The third-order valence-electron chi connectivity index (χ3n) is 3.41. The average molecular weight is 311 g/mol. The van der Waals surface area contributed by atoms with E-state index in [0.29, 0.717) is 18.7 Å². The Balaban J connectivity index is 1.74. The fourth-order valence-electron chi connectivity index (χ4n) is 2.31. The van der Waals surface area contributed by atoms with Crippen LogP contribution in [-0.4, -0.2) is 36.9 Å². The topological polar surface area (TPSA) is 70.2 Å². The van der Waals surface area contributed by atoms with Crippen LogP contribution in [0.3, 0.4) is 0 Å². The average Bonchev–Trinajstić information content (AvgIpc) is 2.80. The fourth-order valence-corrected chi connectivity index (χ4v) is 2.31. The molecular weight excluding hydrogens is 292 g/mol. The molecule has 5 nitrogen and oxygen atoms in total. The molecule has 0 bridgehead atoms. The molecular formula is C15H19F2N3O2. The summed E-state index contributed by atoms with van der Waals surface area (Å²) in [5.41, 5.74) is 1.69. The van der Waals surface area contributed by atoms with Gasteiger partial charge in [-0.05, 0) is 24.1 Å². The lowest BCUT2D eigenvalue weighted by Gasteiger charge is -2.11. The molecule has 1 atom stereocenters. The van der Waals surface area contributed by atoms with Gasteiger partial charge in [0.15, 0.2) is 0 Å². The van der Waals surface area contributed by atoms with Crippen LogP contribution in [0.25, 0.3) is 0 Å². The molecule has 7 heteroatoms. The van der Waals surface area contributed by atoms with Crippen molar-refractivity contribution in [2.45, 2.75) is 31.7 Å². The lowest BCUT2D eigenvalue weighted by atomic mass is 10.1. The van der Waals surface area contributed by atoms with E-state index in [1.807, 2.05) is 12.1 Å². The van der Waals surface area contributed by atoms with Crippen molar-refractivity contribution in [3.8, 4) is 0 Å². The summed E-state index contributed by atoms with van der Waals surface area (Å²) in [6.07, 6.45) is 0.138. The van der Waals surface area contributed by atoms with Gasteiger partial charge in [-0.2, -0.15) is 0 Å². The highest BCUT2D eigenvalue weighted by molar-refractivity contribution is 5.88. The van der Waals surface area contributed by atoms with E-state index in [9.17, 15) is 18.4 Å². The van der Waals surface area contributed by atoms with Crippen LogP contribution in [0.5, 0.6) is 0 Å². The van der Waals surface area contributed by atoms with Crippen molar-refractivity contribution in [1.82, 2.24) is 10.6 Å². The minimum absolute atomic E-state index is 0.138. The highest BCUT2D eigenvalue weighted by Crippen LogP contribution is 2.24. The Bertz CT molecular complexity index is 546. The summed E-state index contributed by atoms with van der Waals surface area (Å²) >= 11 is 0. The fraction of sp³-hybridized carbons (Fsp3) is 0.467. The summed E-state index contributed by atoms with van der Waals surface area (Å²) in [6.45, 7) is 1.36. The molecule has 1 aliphatic heterocycles. The molecule has 1 aromatic carbocycles. The Morgan fingerprint density at radius 1 is 1.32 bits per heavy atom. The second kappa shape index (κ2) is 6.83. The summed E-state index contributed by atoms with van der Waals surface area (Å²) in [5.74, 6) is -3.34. The van der Waals surface area contributed by atoms with E-state index in [1.54, 1.807) is 12.1 Å². The number of amides is 2. The predicted octanol–water partition coefficient (Wildman–Crippen LogP) is 1.30. The molecule has 1 unspecified atom stereocenters. The number of hydrogen-bond donors (Lipinski definition) is 3. The summed E-state index contributed by atoms with van der Waals surface area (Å²) < 4.78 is 26.0. The third kappa shape index (κ3) is 4.77. The van der Waals surface area contributed by atoms with Gasteiger partial charge in [0.2, 0.25) is 11.8 Å². The summed E-state index contributed by atoms with van der Waals surface area (Å²) in [6, 6.07) is 6.42. The Hall–Kier alpha value is -2.02. The number of carbonyl (C=O) groups is 2. The van der Waals surface area contributed by atoms with E-state index in [0.717, 1.165) is 5.56 Å². The number of benzene rings is 1. The minimum Gasteiger partial charge on any atom is -0.354 e. The van der Waals surface area contributed by atoms with Crippen LogP contribution in [0.2, 0.25) is 0 Å². The lowest BCUT2D eigenvalue weighted by molar-refractivity contribution is -0.123. The molecule has 0 radical (unpaired) electrons. The standard InChI is InChI=1S/C15H19F2N3O2/c1-10(21)20-12-4-2-11(3-5-12)6-7-18-14(22)13-8-15(16,17)9-19-13/h2-5,13,19H,6-9H2,1H3,(H,18,22)(H,20,21). The molecule has 1 heterocycles. The first-order valence-corrected chi connectivity index (χ1v) is 7.11. The van der Waals surface area contributed by atoms with Gasteiger partial charge in [-0.25, -0.2) is 8.78 Å². The third-order valence-corrected chi connectivity index (χ3v) is 3.41. The molecule has 2 amide bonds. The molecule has 1 saturated heterocycles. The van der Waals surface area contributed by atoms with Crippen LogP contribution in [0, 0.1) is 0 Å². The van der Waals surface area contributed by atoms with Crippen LogP contribution in [-0.2, 0) is 16.0 Å². The van der Waals surface area contributed by atoms with Gasteiger partial charge in [0.1, 0.15) is 0 Å². The Morgan fingerprint density at radius 2 is 2.00 bits per heavy atom. The Morgan fingerprint density at radius 3 is 2.55 bits per heavy atom. The van der Waals surface area contributed by atoms with Crippen molar-refractivity contribution in [1.29, 1.82) is 0 Å². The minimum atomic E-state index is -2.80. The lowest BCUT2D eigenvalue weighted by Crippen LogP contribution is -2.41. The van der Waals surface area contributed by atoms with Crippen molar-refractivity contribution in [3.05, 3.63) is 29.8 Å². The van der Waals surface area contributed by atoms with Gasteiger partial charge in [-0.15, -0.1) is 0 Å². The maximum absolute atomic E-state index is 13.0. The summed E-state index contributed by atoms with van der Waals surface area (Å²) in [7, 11) is 0. The van der Waals surface area contributed by atoms with Crippen molar-refractivity contribution in [2.24, 2.45) is 0 Å². The highest BCUT2D eigenvalue weighted by atomic mass is 19.3. The molecule has 3 N–H and O–H groups in total. The highest BCUT2D eigenvalue weighted by Gasteiger charge is 2.42. The zero-order chi connectivity index (χ0) is 16.2. The molecule has 1 aliphatic rings. The Labute approximate surface area is 127 Å².